The van der Waals surface area contributed by atoms with E-state index in [0.29, 0.717) is 31.1 Å². The molecule has 7 nitrogen and oxygen atoms in total. The molecule has 7 heteroatoms. The molecule has 1 atom stereocenters. The molecule has 0 amide bonds. The Morgan fingerprint density at radius 3 is 2.59 bits per heavy atom. The molecule has 0 spiro atoms. The van der Waals surface area contributed by atoms with Crippen molar-refractivity contribution in [3.8, 4) is 16.9 Å². The first-order valence-corrected chi connectivity index (χ1v) is 8.94. The van der Waals surface area contributed by atoms with Gasteiger partial charge in [-0.1, -0.05) is 30.3 Å². The number of non-ortho nitro benzene ring substituents is 1. The topological polar surface area (TPSA) is 85.1 Å². The van der Waals surface area contributed by atoms with Gasteiger partial charge in [0.25, 0.3) is 5.69 Å². The van der Waals surface area contributed by atoms with Gasteiger partial charge in [0.1, 0.15) is 18.0 Å². The van der Waals surface area contributed by atoms with Crippen LogP contribution in [0.5, 0.6) is 5.75 Å². The zero-order valence-corrected chi connectivity index (χ0v) is 15.3. The van der Waals surface area contributed by atoms with E-state index in [4.69, 9.17) is 9.47 Å². The SMILES string of the molecule is CC(O)(COc1ccc([N+](=O)[O-])cc1-c1ccccc1)CN1CCOCC1. The third-order valence-electron chi connectivity index (χ3n) is 4.47. The molecule has 2 aromatic rings. The summed E-state index contributed by atoms with van der Waals surface area (Å²) in [6.07, 6.45) is 0. The number of aliphatic hydroxyl groups is 1. The highest BCUT2D eigenvalue weighted by atomic mass is 16.6. The number of nitro groups is 1. The molecule has 0 bridgehead atoms. The first kappa shape index (κ1) is 19.3. The van der Waals surface area contributed by atoms with E-state index >= 15 is 0 Å². The third kappa shape index (κ3) is 5.26. The summed E-state index contributed by atoms with van der Waals surface area (Å²) in [5, 5.41) is 21.9. The number of ether oxygens (including phenoxy) is 2. The fraction of sp³-hybridized carbons (Fsp3) is 0.400. The maximum Gasteiger partial charge on any atom is 0.270 e. The summed E-state index contributed by atoms with van der Waals surface area (Å²) in [5.74, 6) is 0.508. The average molecular weight is 372 g/mol. The van der Waals surface area contributed by atoms with E-state index < -0.39 is 10.5 Å². The molecular formula is C20H24N2O5. The molecule has 0 aromatic heterocycles. The molecule has 3 rings (SSSR count). The second-order valence-corrected chi connectivity index (χ2v) is 6.98. The fourth-order valence-corrected chi connectivity index (χ4v) is 3.12. The summed E-state index contributed by atoms with van der Waals surface area (Å²) in [7, 11) is 0. The predicted molar refractivity (Wildman–Crippen MR) is 102 cm³/mol. The van der Waals surface area contributed by atoms with Crippen LogP contribution in [0.4, 0.5) is 5.69 Å². The number of benzene rings is 2. The smallest absolute Gasteiger partial charge is 0.270 e. The van der Waals surface area contributed by atoms with E-state index in [2.05, 4.69) is 4.90 Å². The van der Waals surface area contributed by atoms with Crippen molar-refractivity contribution in [1.82, 2.24) is 4.90 Å². The van der Waals surface area contributed by atoms with Gasteiger partial charge in [-0.05, 0) is 18.6 Å². The Hall–Kier alpha value is -2.48. The molecular weight excluding hydrogens is 348 g/mol. The van der Waals surface area contributed by atoms with Crippen LogP contribution in [0.2, 0.25) is 0 Å². The van der Waals surface area contributed by atoms with Gasteiger partial charge in [0.05, 0.1) is 18.1 Å². The molecule has 0 radical (unpaired) electrons. The minimum Gasteiger partial charge on any atom is -0.490 e. The van der Waals surface area contributed by atoms with E-state index in [1.807, 2.05) is 30.3 Å². The lowest BCUT2D eigenvalue weighted by Gasteiger charge is -2.33. The van der Waals surface area contributed by atoms with Crippen molar-refractivity contribution in [2.75, 3.05) is 39.5 Å². The van der Waals surface area contributed by atoms with Crippen molar-refractivity contribution in [1.29, 1.82) is 0 Å². The van der Waals surface area contributed by atoms with Crippen LogP contribution in [0.1, 0.15) is 6.92 Å². The number of β-amino-alcohol motifs (C(OH)–C–C–N with tert-alkyl or cyclic N) is 1. The summed E-state index contributed by atoms with van der Waals surface area (Å²) in [6.45, 7) is 5.18. The highest BCUT2D eigenvalue weighted by molar-refractivity contribution is 5.72. The molecule has 144 valence electrons. The Morgan fingerprint density at radius 1 is 1.22 bits per heavy atom. The van der Waals surface area contributed by atoms with Gasteiger partial charge in [0.15, 0.2) is 0 Å². The maximum atomic E-state index is 11.1. The lowest BCUT2D eigenvalue weighted by Crippen LogP contribution is -2.48. The van der Waals surface area contributed by atoms with Gasteiger partial charge < -0.3 is 14.6 Å². The molecule has 1 saturated heterocycles. The summed E-state index contributed by atoms with van der Waals surface area (Å²) < 4.78 is 11.2. The van der Waals surface area contributed by atoms with Gasteiger partial charge in [-0.3, -0.25) is 15.0 Å². The minimum absolute atomic E-state index is 0.00119. The quantitative estimate of drug-likeness (QED) is 0.594. The van der Waals surface area contributed by atoms with Crippen LogP contribution < -0.4 is 4.74 Å². The van der Waals surface area contributed by atoms with Gasteiger partial charge in [-0.25, -0.2) is 0 Å². The summed E-state index contributed by atoms with van der Waals surface area (Å²) in [5.41, 5.74) is 0.407. The van der Waals surface area contributed by atoms with Crippen LogP contribution in [0, 0.1) is 10.1 Å². The number of rotatable bonds is 7. The van der Waals surface area contributed by atoms with Gasteiger partial charge in [-0.15, -0.1) is 0 Å². The van der Waals surface area contributed by atoms with Crippen molar-refractivity contribution in [3.05, 3.63) is 58.6 Å². The summed E-state index contributed by atoms with van der Waals surface area (Å²) in [6, 6.07) is 13.9. The normalized spacial score (nSPS) is 17.3. The highest BCUT2D eigenvalue weighted by Gasteiger charge is 2.27. The summed E-state index contributed by atoms with van der Waals surface area (Å²) in [4.78, 5) is 12.9. The van der Waals surface area contributed by atoms with Crippen LogP contribution >= 0.6 is 0 Å². The second-order valence-electron chi connectivity index (χ2n) is 6.98. The zero-order valence-electron chi connectivity index (χ0n) is 15.3. The molecule has 1 aliphatic rings. The Morgan fingerprint density at radius 2 is 1.93 bits per heavy atom. The first-order chi connectivity index (χ1) is 12.9. The molecule has 27 heavy (non-hydrogen) atoms. The number of hydrogen-bond acceptors (Lipinski definition) is 6. The average Bonchev–Trinajstić information content (AvgIpc) is 2.67. The molecule has 1 heterocycles. The summed E-state index contributed by atoms with van der Waals surface area (Å²) >= 11 is 0. The van der Waals surface area contributed by atoms with E-state index in [-0.39, 0.29) is 12.3 Å². The third-order valence-corrected chi connectivity index (χ3v) is 4.47. The van der Waals surface area contributed by atoms with Crippen LogP contribution in [0.15, 0.2) is 48.5 Å². The Balaban J connectivity index is 1.76. The number of nitrogens with zero attached hydrogens (tertiary/aromatic N) is 2. The predicted octanol–water partition coefficient (Wildman–Crippen LogP) is 2.72. The van der Waals surface area contributed by atoms with E-state index in [9.17, 15) is 15.2 Å². The molecule has 1 aliphatic heterocycles. The Bertz CT molecular complexity index is 773. The molecule has 1 unspecified atom stereocenters. The van der Waals surface area contributed by atoms with Crippen LogP contribution in [0.3, 0.4) is 0 Å². The monoisotopic (exact) mass is 372 g/mol. The van der Waals surface area contributed by atoms with Crippen molar-refractivity contribution < 1.29 is 19.5 Å². The Labute approximate surface area is 158 Å². The van der Waals surface area contributed by atoms with Gasteiger partial charge in [0.2, 0.25) is 0 Å². The van der Waals surface area contributed by atoms with E-state index in [1.54, 1.807) is 13.0 Å². The minimum atomic E-state index is -1.05. The van der Waals surface area contributed by atoms with Crippen LogP contribution in [-0.4, -0.2) is 60.0 Å². The lowest BCUT2D eigenvalue weighted by atomic mass is 10.0. The van der Waals surface area contributed by atoms with Gasteiger partial charge in [0, 0.05) is 37.3 Å². The van der Waals surface area contributed by atoms with Gasteiger partial charge >= 0.3 is 0 Å². The molecule has 0 aliphatic carbocycles. The zero-order chi connectivity index (χ0) is 19.3. The highest BCUT2D eigenvalue weighted by Crippen LogP contribution is 2.33. The van der Waals surface area contributed by atoms with E-state index in [1.165, 1.54) is 12.1 Å². The van der Waals surface area contributed by atoms with Crippen LogP contribution in [-0.2, 0) is 4.74 Å². The lowest BCUT2D eigenvalue weighted by molar-refractivity contribution is -0.384. The molecule has 1 fully saturated rings. The number of hydrogen-bond donors (Lipinski definition) is 1. The van der Waals surface area contributed by atoms with Crippen molar-refractivity contribution in [2.45, 2.75) is 12.5 Å². The second kappa shape index (κ2) is 8.47. The number of nitro benzene ring substituents is 1. The molecule has 1 N–H and O–H groups in total. The molecule has 2 aromatic carbocycles. The van der Waals surface area contributed by atoms with Crippen molar-refractivity contribution >= 4 is 5.69 Å². The van der Waals surface area contributed by atoms with E-state index in [0.717, 1.165) is 18.7 Å². The van der Waals surface area contributed by atoms with Crippen molar-refractivity contribution in [3.63, 3.8) is 0 Å². The van der Waals surface area contributed by atoms with Crippen molar-refractivity contribution in [2.24, 2.45) is 0 Å². The standard InChI is InChI=1S/C20H24N2O5/c1-20(23,14-21-9-11-26-12-10-21)15-27-19-8-7-17(22(24)25)13-18(19)16-5-3-2-4-6-16/h2-8,13,23H,9-12,14-15H2,1H3. The molecule has 0 saturated carbocycles. The first-order valence-electron chi connectivity index (χ1n) is 8.94. The Kier molecular flexibility index (Phi) is 6.05. The van der Waals surface area contributed by atoms with Crippen LogP contribution in [0.25, 0.3) is 11.1 Å². The largest absolute Gasteiger partial charge is 0.490 e. The van der Waals surface area contributed by atoms with Gasteiger partial charge in [-0.2, -0.15) is 0 Å². The fourth-order valence-electron chi connectivity index (χ4n) is 3.12. The maximum absolute atomic E-state index is 11.1. The number of morpholine rings is 1.